The van der Waals surface area contributed by atoms with Crippen LogP contribution in [0, 0.1) is 6.92 Å². The van der Waals surface area contributed by atoms with Crippen molar-refractivity contribution in [2.75, 3.05) is 12.4 Å². The second-order valence-corrected chi connectivity index (χ2v) is 6.99. The second-order valence-electron chi connectivity index (χ2n) is 6.99. The molecule has 0 aliphatic rings. The Morgan fingerprint density at radius 1 is 1.03 bits per heavy atom. The molecule has 0 aliphatic heterocycles. The predicted molar refractivity (Wildman–Crippen MR) is 115 cm³/mol. The fourth-order valence-electron chi connectivity index (χ4n) is 3.22. The standard InChI is InChI=1S/C24H25N3O2/c1-4-19-12-8-9-17(2)22(19)26-23(28)21-15-20(13-14-25-21)24(29)27(3)16-18-10-6-5-7-11-18/h5-15H,4,16H2,1-3H3,(H,26,28). The van der Waals surface area contributed by atoms with Crippen LogP contribution in [0.25, 0.3) is 0 Å². The number of hydrogen-bond donors (Lipinski definition) is 1. The third-order valence-corrected chi connectivity index (χ3v) is 4.83. The van der Waals surface area contributed by atoms with Crippen molar-refractivity contribution in [3.8, 4) is 0 Å². The number of carbonyl (C=O) groups is 2. The van der Waals surface area contributed by atoms with Crippen LogP contribution in [0.15, 0.2) is 66.9 Å². The average Bonchev–Trinajstić information content (AvgIpc) is 2.75. The first-order valence-corrected chi connectivity index (χ1v) is 9.65. The van der Waals surface area contributed by atoms with E-state index in [1.165, 1.54) is 6.20 Å². The highest BCUT2D eigenvalue weighted by Gasteiger charge is 2.17. The Morgan fingerprint density at radius 2 is 1.79 bits per heavy atom. The maximum Gasteiger partial charge on any atom is 0.274 e. The molecule has 1 aromatic heterocycles. The van der Waals surface area contributed by atoms with Crippen LogP contribution in [0.4, 0.5) is 5.69 Å². The summed E-state index contributed by atoms with van der Waals surface area (Å²) < 4.78 is 0. The molecule has 5 nitrogen and oxygen atoms in total. The molecule has 148 valence electrons. The minimum atomic E-state index is -0.325. The summed E-state index contributed by atoms with van der Waals surface area (Å²) in [5.74, 6) is -0.482. The maximum atomic E-state index is 12.8. The highest BCUT2D eigenvalue weighted by atomic mass is 16.2. The molecule has 5 heteroatoms. The van der Waals surface area contributed by atoms with Crippen LogP contribution >= 0.6 is 0 Å². The molecule has 0 saturated heterocycles. The zero-order valence-electron chi connectivity index (χ0n) is 17.0. The van der Waals surface area contributed by atoms with E-state index in [2.05, 4.69) is 10.3 Å². The van der Waals surface area contributed by atoms with E-state index in [9.17, 15) is 9.59 Å². The van der Waals surface area contributed by atoms with Crippen LogP contribution in [0.3, 0.4) is 0 Å². The Kier molecular flexibility index (Phi) is 6.39. The van der Waals surface area contributed by atoms with Gasteiger partial charge in [-0.3, -0.25) is 14.6 Å². The monoisotopic (exact) mass is 387 g/mol. The van der Waals surface area contributed by atoms with Crippen LogP contribution in [0.2, 0.25) is 0 Å². The first-order valence-electron chi connectivity index (χ1n) is 9.65. The molecular formula is C24H25N3O2. The minimum Gasteiger partial charge on any atom is -0.337 e. The van der Waals surface area contributed by atoms with E-state index >= 15 is 0 Å². The summed E-state index contributed by atoms with van der Waals surface area (Å²) in [6.07, 6.45) is 2.31. The Labute approximate surface area is 171 Å². The van der Waals surface area contributed by atoms with E-state index in [0.717, 1.165) is 28.8 Å². The number of aryl methyl sites for hydroxylation is 2. The summed E-state index contributed by atoms with van der Waals surface area (Å²) in [6, 6.07) is 18.9. The number of aromatic nitrogens is 1. The van der Waals surface area contributed by atoms with E-state index in [-0.39, 0.29) is 17.5 Å². The van der Waals surface area contributed by atoms with Crippen LogP contribution in [0.5, 0.6) is 0 Å². The van der Waals surface area contributed by atoms with Gasteiger partial charge in [0.1, 0.15) is 5.69 Å². The number of hydrogen-bond acceptors (Lipinski definition) is 3. The van der Waals surface area contributed by atoms with Gasteiger partial charge in [-0.25, -0.2) is 0 Å². The van der Waals surface area contributed by atoms with Gasteiger partial charge in [-0.05, 0) is 42.2 Å². The molecule has 1 N–H and O–H groups in total. The summed E-state index contributed by atoms with van der Waals surface area (Å²) in [5.41, 5.74) is 4.56. The summed E-state index contributed by atoms with van der Waals surface area (Å²) in [5, 5.41) is 2.95. The van der Waals surface area contributed by atoms with Crippen molar-refractivity contribution in [3.63, 3.8) is 0 Å². The molecule has 1 heterocycles. The molecular weight excluding hydrogens is 362 g/mol. The van der Waals surface area contributed by atoms with E-state index in [0.29, 0.717) is 12.1 Å². The third kappa shape index (κ3) is 4.88. The van der Waals surface area contributed by atoms with Crippen molar-refractivity contribution in [2.24, 2.45) is 0 Å². The second kappa shape index (κ2) is 9.15. The number of carbonyl (C=O) groups excluding carboxylic acids is 2. The zero-order valence-corrected chi connectivity index (χ0v) is 17.0. The summed E-state index contributed by atoms with van der Waals surface area (Å²) in [4.78, 5) is 31.4. The van der Waals surface area contributed by atoms with Crippen LogP contribution in [0.1, 0.15) is 44.5 Å². The number of pyridine rings is 1. The Balaban J connectivity index is 1.77. The summed E-state index contributed by atoms with van der Waals surface area (Å²) in [7, 11) is 1.75. The summed E-state index contributed by atoms with van der Waals surface area (Å²) in [6.45, 7) is 4.50. The molecule has 0 radical (unpaired) electrons. The van der Waals surface area contributed by atoms with Gasteiger partial charge in [0.25, 0.3) is 11.8 Å². The van der Waals surface area contributed by atoms with Gasteiger partial charge < -0.3 is 10.2 Å². The Hall–Kier alpha value is -3.47. The molecule has 0 bridgehead atoms. The number of nitrogens with one attached hydrogen (secondary N) is 1. The molecule has 0 aliphatic carbocycles. The quantitative estimate of drug-likeness (QED) is 0.678. The topological polar surface area (TPSA) is 62.3 Å². The van der Waals surface area contributed by atoms with Crippen molar-refractivity contribution in [1.82, 2.24) is 9.88 Å². The van der Waals surface area contributed by atoms with E-state index in [1.807, 2.05) is 62.4 Å². The summed E-state index contributed by atoms with van der Waals surface area (Å²) >= 11 is 0. The highest BCUT2D eigenvalue weighted by Crippen LogP contribution is 2.22. The maximum absolute atomic E-state index is 12.8. The van der Waals surface area contributed by atoms with Crippen molar-refractivity contribution in [3.05, 3.63) is 94.8 Å². The lowest BCUT2D eigenvalue weighted by molar-refractivity contribution is 0.0785. The molecule has 3 rings (SSSR count). The van der Waals surface area contributed by atoms with Gasteiger partial charge in [0, 0.05) is 31.0 Å². The number of amides is 2. The number of para-hydroxylation sites is 1. The smallest absolute Gasteiger partial charge is 0.274 e. The number of nitrogens with zero attached hydrogens (tertiary/aromatic N) is 2. The molecule has 3 aromatic rings. The first kappa shape index (κ1) is 20.3. The lowest BCUT2D eigenvalue weighted by Gasteiger charge is -2.18. The largest absolute Gasteiger partial charge is 0.337 e. The van der Waals surface area contributed by atoms with Crippen LogP contribution in [-0.2, 0) is 13.0 Å². The van der Waals surface area contributed by atoms with Gasteiger partial charge in [0.2, 0.25) is 0 Å². The van der Waals surface area contributed by atoms with Gasteiger partial charge in [-0.1, -0.05) is 55.5 Å². The predicted octanol–water partition coefficient (Wildman–Crippen LogP) is 4.48. The van der Waals surface area contributed by atoms with Crippen molar-refractivity contribution in [2.45, 2.75) is 26.8 Å². The van der Waals surface area contributed by atoms with Gasteiger partial charge in [0.05, 0.1) is 0 Å². The van der Waals surface area contributed by atoms with Crippen LogP contribution in [-0.4, -0.2) is 28.7 Å². The zero-order chi connectivity index (χ0) is 20.8. The van der Waals surface area contributed by atoms with E-state index in [1.54, 1.807) is 24.1 Å². The number of benzene rings is 2. The molecule has 0 atom stereocenters. The van der Waals surface area contributed by atoms with Gasteiger partial charge >= 0.3 is 0 Å². The molecule has 0 saturated carbocycles. The molecule has 0 spiro atoms. The lowest BCUT2D eigenvalue weighted by atomic mass is 10.1. The van der Waals surface area contributed by atoms with Crippen molar-refractivity contribution in [1.29, 1.82) is 0 Å². The molecule has 0 fully saturated rings. The Morgan fingerprint density at radius 3 is 2.52 bits per heavy atom. The first-order chi connectivity index (χ1) is 14.0. The molecule has 29 heavy (non-hydrogen) atoms. The third-order valence-electron chi connectivity index (χ3n) is 4.83. The van der Waals surface area contributed by atoms with E-state index < -0.39 is 0 Å². The number of rotatable bonds is 6. The van der Waals surface area contributed by atoms with Crippen molar-refractivity contribution >= 4 is 17.5 Å². The van der Waals surface area contributed by atoms with Crippen molar-refractivity contribution < 1.29 is 9.59 Å². The minimum absolute atomic E-state index is 0.157. The molecule has 2 amide bonds. The average molecular weight is 387 g/mol. The number of anilines is 1. The lowest BCUT2D eigenvalue weighted by Crippen LogP contribution is -2.26. The molecule has 2 aromatic carbocycles. The fourth-order valence-corrected chi connectivity index (χ4v) is 3.22. The highest BCUT2D eigenvalue weighted by molar-refractivity contribution is 6.05. The van der Waals surface area contributed by atoms with E-state index in [4.69, 9.17) is 0 Å². The fraction of sp³-hybridized carbons (Fsp3) is 0.208. The molecule has 0 unspecified atom stereocenters. The van der Waals surface area contributed by atoms with Gasteiger partial charge in [-0.2, -0.15) is 0 Å². The Bertz CT molecular complexity index is 1020. The van der Waals surface area contributed by atoms with Gasteiger partial charge in [0.15, 0.2) is 0 Å². The normalized spacial score (nSPS) is 10.4. The SMILES string of the molecule is CCc1cccc(C)c1NC(=O)c1cc(C(=O)N(C)Cc2ccccc2)ccn1. The van der Waals surface area contributed by atoms with Gasteiger partial charge in [-0.15, -0.1) is 0 Å². The van der Waals surface area contributed by atoms with Crippen LogP contribution < -0.4 is 5.32 Å².